The van der Waals surface area contributed by atoms with Crippen LogP contribution in [-0.2, 0) is 9.47 Å². The molecule has 0 amide bonds. The molecule has 3 aliphatic rings. The van der Waals surface area contributed by atoms with E-state index in [2.05, 4.69) is 0 Å². The van der Waals surface area contributed by atoms with Gasteiger partial charge in [-0.3, -0.25) is 14.4 Å². The summed E-state index contributed by atoms with van der Waals surface area (Å²) in [6.45, 7) is 11.0. The number of likely N-dealkylation sites (N-methyl/N-ethyl adjacent to an activating group) is 2. The lowest BCUT2D eigenvalue weighted by atomic mass is 9.74. The summed E-state index contributed by atoms with van der Waals surface area (Å²) in [5.74, 6) is -1.35. The van der Waals surface area contributed by atoms with E-state index >= 15 is 4.79 Å². The van der Waals surface area contributed by atoms with Crippen LogP contribution in [0, 0.1) is 6.92 Å². The molecule has 3 aromatic rings. The van der Waals surface area contributed by atoms with Gasteiger partial charge in [0, 0.05) is 40.3 Å². The monoisotopic (exact) mass is 716 g/mol. The standard InChI is InChI=1S/C41H52N2O9/c1-11-12-13-19(2)28-17-27(44)31-20(3)14-25-33(39(31)52-28)38(48)34-32(37(25)47)23(29-16-26(42(7)8)35(45)21(4)50-29)15-24(36(34)46)30-18-41(6,43(9)10)40(49)22(5)51-30/h11-12,14-15,17,19,21-22,26,29-30,35,40,45-46,49H,13,16,18H2,1-10H3/t19-,21-,22-,26-,29-,30-,35+,40-,41-/m1/s1. The van der Waals surface area contributed by atoms with Crippen LogP contribution in [0.5, 0.6) is 5.75 Å². The second kappa shape index (κ2) is 13.9. The van der Waals surface area contributed by atoms with Crippen molar-refractivity contribution in [3.05, 3.63) is 85.3 Å². The number of hydrogen-bond donors (Lipinski definition) is 3. The van der Waals surface area contributed by atoms with Crippen LogP contribution < -0.4 is 5.43 Å². The van der Waals surface area contributed by atoms with Gasteiger partial charge >= 0.3 is 0 Å². The zero-order chi connectivity index (χ0) is 38.1. The number of nitrogens with zero attached hydrogens (tertiary/aromatic N) is 2. The van der Waals surface area contributed by atoms with E-state index < -0.39 is 59.5 Å². The topological polar surface area (TPSA) is 150 Å². The molecule has 0 bridgehead atoms. The first-order valence-electron chi connectivity index (χ1n) is 18.1. The van der Waals surface area contributed by atoms with E-state index in [1.807, 2.05) is 70.9 Å². The van der Waals surface area contributed by atoms with Crippen LogP contribution in [0.1, 0.15) is 126 Å². The normalized spacial score (nSPS) is 30.0. The predicted octanol–water partition coefficient (Wildman–Crippen LogP) is 5.32. The summed E-state index contributed by atoms with van der Waals surface area (Å²) in [5.41, 5.74) is -0.0633. The lowest BCUT2D eigenvalue weighted by Gasteiger charge is -2.49. The van der Waals surface area contributed by atoms with Crippen molar-refractivity contribution in [1.29, 1.82) is 0 Å². The van der Waals surface area contributed by atoms with Crippen LogP contribution in [0.25, 0.3) is 11.0 Å². The number of allylic oxidation sites excluding steroid dienone is 2. The van der Waals surface area contributed by atoms with Crippen molar-refractivity contribution in [3.8, 4) is 5.75 Å². The summed E-state index contributed by atoms with van der Waals surface area (Å²) >= 11 is 0. The first kappa shape index (κ1) is 38.0. The van der Waals surface area contributed by atoms with Gasteiger partial charge in [-0.2, -0.15) is 0 Å². The molecule has 1 aliphatic carbocycles. The highest BCUT2D eigenvalue weighted by molar-refractivity contribution is 6.33. The number of hydrogen-bond acceptors (Lipinski definition) is 11. The van der Waals surface area contributed by atoms with Gasteiger partial charge in [0.05, 0.1) is 53.1 Å². The number of aromatic hydroxyl groups is 1. The fourth-order valence-corrected chi connectivity index (χ4v) is 8.38. The Bertz CT molecular complexity index is 2020. The van der Waals surface area contributed by atoms with Crippen LogP contribution in [0.2, 0.25) is 0 Å². The van der Waals surface area contributed by atoms with Crippen molar-refractivity contribution in [1.82, 2.24) is 9.80 Å². The average Bonchev–Trinajstić information content (AvgIpc) is 3.08. The van der Waals surface area contributed by atoms with Gasteiger partial charge in [0.1, 0.15) is 17.1 Å². The molecule has 3 N–H and O–H groups in total. The quantitative estimate of drug-likeness (QED) is 0.213. The maximum Gasteiger partial charge on any atom is 0.202 e. The lowest BCUT2D eigenvalue weighted by molar-refractivity contribution is -0.176. The molecule has 2 saturated heterocycles. The molecule has 2 aromatic carbocycles. The highest BCUT2D eigenvalue weighted by Gasteiger charge is 2.49. The molecule has 0 saturated carbocycles. The van der Waals surface area contributed by atoms with Crippen molar-refractivity contribution in [2.24, 2.45) is 0 Å². The Labute approximate surface area is 304 Å². The molecule has 3 heterocycles. The Morgan fingerprint density at radius 1 is 0.942 bits per heavy atom. The number of benzene rings is 2. The number of phenols is 1. The molecule has 9 atom stereocenters. The van der Waals surface area contributed by atoms with Crippen LogP contribution >= 0.6 is 0 Å². The smallest absolute Gasteiger partial charge is 0.202 e. The summed E-state index contributed by atoms with van der Waals surface area (Å²) in [6, 6.07) is 4.38. The molecule has 6 rings (SSSR count). The Morgan fingerprint density at radius 3 is 2.25 bits per heavy atom. The summed E-state index contributed by atoms with van der Waals surface area (Å²) in [7, 11) is 7.47. The maximum absolute atomic E-state index is 15.0. The summed E-state index contributed by atoms with van der Waals surface area (Å²) in [4.78, 5) is 47.3. The van der Waals surface area contributed by atoms with Crippen molar-refractivity contribution < 1.29 is 38.8 Å². The number of rotatable bonds is 7. The molecule has 0 unspecified atom stereocenters. The van der Waals surface area contributed by atoms with Crippen molar-refractivity contribution in [3.63, 3.8) is 0 Å². The fraction of sp³-hybridized carbons (Fsp3) is 0.537. The number of ether oxygens (including phenoxy) is 2. The second-order valence-corrected chi connectivity index (χ2v) is 15.7. The Kier molecular flexibility index (Phi) is 10.2. The molecular formula is C41H52N2O9. The zero-order valence-electron chi connectivity index (χ0n) is 31.8. The molecule has 0 radical (unpaired) electrons. The van der Waals surface area contributed by atoms with Gasteiger partial charge in [-0.15, -0.1) is 0 Å². The third-order valence-corrected chi connectivity index (χ3v) is 11.9. The minimum atomic E-state index is -0.847. The van der Waals surface area contributed by atoms with Gasteiger partial charge in [-0.1, -0.05) is 19.1 Å². The first-order valence-corrected chi connectivity index (χ1v) is 18.1. The molecular weight excluding hydrogens is 664 g/mol. The minimum absolute atomic E-state index is 0.0165. The number of aliphatic hydroxyl groups is 2. The van der Waals surface area contributed by atoms with Crippen LogP contribution in [0.15, 0.2) is 39.6 Å². The highest BCUT2D eigenvalue weighted by atomic mass is 16.5. The van der Waals surface area contributed by atoms with E-state index in [-0.39, 0.29) is 62.6 Å². The van der Waals surface area contributed by atoms with E-state index in [0.29, 0.717) is 29.7 Å². The summed E-state index contributed by atoms with van der Waals surface area (Å²) in [5, 5.41) is 34.7. The number of carbonyl (C=O) groups excluding carboxylic acids is 2. The molecule has 52 heavy (non-hydrogen) atoms. The van der Waals surface area contributed by atoms with E-state index in [9.17, 15) is 24.9 Å². The summed E-state index contributed by atoms with van der Waals surface area (Å²) in [6.07, 6.45) is 0.650. The molecule has 11 nitrogen and oxygen atoms in total. The zero-order valence-corrected chi connectivity index (χ0v) is 31.8. The van der Waals surface area contributed by atoms with Crippen molar-refractivity contribution >= 4 is 22.5 Å². The number of carbonyl (C=O) groups is 2. The number of phenolic OH excluding ortho intramolecular Hbond substituents is 1. The van der Waals surface area contributed by atoms with E-state index in [1.165, 1.54) is 6.07 Å². The number of aryl methyl sites for hydroxylation is 1. The van der Waals surface area contributed by atoms with Gasteiger partial charge in [-0.25, -0.2) is 0 Å². The van der Waals surface area contributed by atoms with Crippen LogP contribution in [-0.4, -0.2) is 101 Å². The van der Waals surface area contributed by atoms with Crippen molar-refractivity contribution in [2.45, 2.75) is 115 Å². The first-order chi connectivity index (χ1) is 24.4. The Balaban J connectivity index is 1.63. The van der Waals surface area contributed by atoms with Crippen LogP contribution in [0.3, 0.4) is 0 Å². The third kappa shape index (κ3) is 6.05. The fourth-order valence-electron chi connectivity index (χ4n) is 8.38. The Morgan fingerprint density at radius 2 is 1.62 bits per heavy atom. The minimum Gasteiger partial charge on any atom is -0.507 e. The lowest BCUT2D eigenvalue weighted by Crippen LogP contribution is -2.59. The van der Waals surface area contributed by atoms with E-state index in [4.69, 9.17) is 13.9 Å². The Hall–Kier alpha value is -3.71. The second-order valence-electron chi connectivity index (χ2n) is 15.7. The van der Waals surface area contributed by atoms with Crippen LogP contribution in [0.4, 0.5) is 0 Å². The van der Waals surface area contributed by atoms with Gasteiger partial charge in [0.2, 0.25) is 5.78 Å². The van der Waals surface area contributed by atoms with Gasteiger partial charge in [0.15, 0.2) is 11.2 Å². The largest absolute Gasteiger partial charge is 0.507 e. The van der Waals surface area contributed by atoms with E-state index in [0.717, 1.165) is 0 Å². The van der Waals surface area contributed by atoms with Gasteiger partial charge in [-0.05, 0) is 105 Å². The number of ketones is 2. The summed E-state index contributed by atoms with van der Waals surface area (Å²) < 4.78 is 19.2. The van der Waals surface area contributed by atoms with Gasteiger partial charge in [0.25, 0.3) is 0 Å². The molecule has 0 spiro atoms. The predicted molar refractivity (Wildman–Crippen MR) is 197 cm³/mol. The SMILES string of the molecule is CC=CC[C@@H](C)c1cc(=O)c2c(C)cc3c(c2o1)C(=O)c1c(O)c([C@H]2C[C@@](C)(N(C)C)[C@H](O)[C@@H](C)O2)cc([C@H]2C[C@@H](N(C)C)[C@@H](O)[C@@H](C)O2)c1C3=O. The van der Waals surface area contributed by atoms with Crippen molar-refractivity contribution in [2.75, 3.05) is 28.2 Å². The molecule has 1 aromatic heterocycles. The van der Waals surface area contributed by atoms with Gasteiger partial charge < -0.3 is 39.0 Å². The average molecular weight is 717 g/mol. The number of aliphatic hydroxyl groups excluding tert-OH is 2. The highest BCUT2D eigenvalue weighted by Crippen LogP contribution is 2.49. The molecule has 280 valence electrons. The molecule has 11 heteroatoms. The molecule has 2 aliphatic heterocycles. The maximum atomic E-state index is 15.0. The molecule has 2 fully saturated rings. The third-order valence-electron chi connectivity index (χ3n) is 11.9. The van der Waals surface area contributed by atoms with E-state index in [1.54, 1.807) is 32.9 Å². The number of fused-ring (bicyclic) bond motifs is 4.